The molecule has 0 radical (unpaired) electrons. The Labute approximate surface area is 93.0 Å². The molecule has 1 atom stereocenters. The van der Waals surface area contributed by atoms with E-state index in [0.29, 0.717) is 11.9 Å². The Hall–Kier alpha value is -0.530. The molecule has 1 aliphatic carbocycles. The van der Waals surface area contributed by atoms with Gasteiger partial charge in [-0.05, 0) is 31.6 Å². The van der Waals surface area contributed by atoms with Gasteiger partial charge in [0.15, 0.2) is 0 Å². The van der Waals surface area contributed by atoms with Gasteiger partial charge in [0, 0.05) is 19.0 Å². The van der Waals surface area contributed by atoms with E-state index in [2.05, 4.69) is 11.8 Å². The molecule has 2 heteroatoms. The Morgan fingerprint density at radius 1 is 1.20 bits per heavy atom. The second kappa shape index (κ2) is 5.00. The number of carbonyl (C=O) groups is 1. The molecular weight excluding hydrogens is 186 g/mol. The largest absolute Gasteiger partial charge is 0.339 e. The molecule has 86 valence electrons. The van der Waals surface area contributed by atoms with Crippen LogP contribution < -0.4 is 0 Å². The first-order valence-corrected chi connectivity index (χ1v) is 6.60. The molecule has 0 bridgehead atoms. The summed E-state index contributed by atoms with van der Waals surface area (Å²) in [5.41, 5.74) is 0. The first-order valence-electron chi connectivity index (χ1n) is 6.60. The molecule has 1 unspecified atom stereocenters. The molecule has 2 nitrogen and oxygen atoms in total. The zero-order valence-corrected chi connectivity index (χ0v) is 9.87. The van der Waals surface area contributed by atoms with Crippen molar-refractivity contribution in [1.29, 1.82) is 0 Å². The van der Waals surface area contributed by atoms with Crippen molar-refractivity contribution in [2.45, 2.75) is 64.3 Å². The van der Waals surface area contributed by atoms with E-state index in [1.165, 1.54) is 32.1 Å². The normalized spacial score (nSPS) is 28.7. The molecule has 1 aliphatic heterocycles. The molecule has 0 aromatic carbocycles. The monoisotopic (exact) mass is 209 g/mol. The highest BCUT2D eigenvalue weighted by molar-refractivity contribution is 5.78. The molecule has 1 amide bonds. The molecule has 0 aromatic rings. The summed E-state index contributed by atoms with van der Waals surface area (Å²) < 4.78 is 0. The molecule has 1 heterocycles. The minimum atomic E-state index is 0.410. The van der Waals surface area contributed by atoms with Crippen molar-refractivity contribution in [3.05, 3.63) is 0 Å². The summed E-state index contributed by atoms with van der Waals surface area (Å²) in [5.74, 6) is 1.21. The Morgan fingerprint density at radius 2 is 1.93 bits per heavy atom. The predicted molar refractivity (Wildman–Crippen MR) is 61.6 cm³/mol. The number of likely N-dealkylation sites (tertiary alicyclic amines) is 1. The maximum absolute atomic E-state index is 11.7. The van der Waals surface area contributed by atoms with Gasteiger partial charge in [0.2, 0.25) is 5.91 Å². The molecule has 15 heavy (non-hydrogen) atoms. The standard InChI is InChI=1S/C13H23NO/c1-2-12-8-9-13(15)14(12)10-11-6-4-3-5-7-11/h11-12H,2-10H2,1H3. The van der Waals surface area contributed by atoms with Crippen LogP contribution in [0.5, 0.6) is 0 Å². The zero-order valence-electron chi connectivity index (χ0n) is 9.87. The Bertz CT molecular complexity index is 221. The fourth-order valence-electron chi connectivity index (χ4n) is 3.12. The Balaban J connectivity index is 1.88. The molecule has 0 N–H and O–H groups in total. The third-order valence-electron chi connectivity index (χ3n) is 4.10. The first kappa shape index (κ1) is 11.0. The molecule has 0 aromatic heterocycles. The lowest BCUT2D eigenvalue weighted by atomic mass is 9.89. The van der Waals surface area contributed by atoms with Crippen molar-refractivity contribution >= 4 is 5.91 Å². The highest BCUT2D eigenvalue weighted by atomic mass is 16.2. The highest BCUT2D eigenvalue weighted by Crippen LogP contribution is 2.28. The van der Waals surface area contributed by atoms with Crippen LogP contribution in [0.1, 0.15) is 58.3 Å². The van der Waals surface area contributed by atoms with Crippen LogP contribution in [0.3, 0.4) is 0 Å². The zero-order chi connectivity index (χ0) is 10.7. The van der Waals surface area contributed by atoms with Gasteiger partial charge in [-0.2, -0.15) is 0 Å². The van der Waals surface area contributed by atoms with Gasteiger partial charge < -0.3 is 4.90 Å². The van der Waals surface area contributed by atoms with E-state index in [1.54, 1.807) is 0 Å². The van der Waals surface area contributed by atoms with Gasteiger partial charge in [-0.25, -0.2) is 0 Å². The van der Waals surface area contributed by atoms with E-state index >= 15 is 0 Å². The van der Waals surface area contributed by atoms with Crippen LogP contribution in [-0.2, 0) is 4.79 Å². The number of amides is 1. The van der Waals surface area contributed by atoms with Crippen molar-refractivity contribution in [3.8, 4) is 0 Å². The third kappa shape index (κ3) is 2.53. The van der Waals surface area contributed by atoms with Crippen LogP contribution in [0.2, 0.25) is 0 Å². The number of rotatable bonds is 3. The summed E-state index contributed by atoms with van der Waals surface area (Å²) in [6, 6.07) is 0.555. The van der Waals surface area contributed by atoms with Crippen molar-refractivity contribution < 1.29 is 4.79 Å². The fourth-order valence-corrected chi connectivity index (χ4v) is 3.12. The molecular formula is C13H23NO. The summed E-state index contributed by atoms with van der Waals surface area (Å²) in [4.78, 5) is 13.9. The van der Waals surface area contributed by atoms with Crippen LogP contribution >= 0.6 is 0 Å². The molecule has 1 saturated carbocycles. The summed E-state index contributed by atoms with van der Waals surface area (Å²) in [7, 11) is 0. The number of carbonyl (C=O) groups excluding carboxylic acids is 1. The second-order valence-electron chi connectivity index (χ2n) is 5.15. The van der Waals surface area contributed by atoms with Gasteiger partial charge in [0.25, 0.3) is 0 Å². The van der Waals surface area contributed by atoms with Gasteiger partial charge >= 0.3 is 0 Å². The van der Waals surface area contributed by atoms with E-state index in [0.717, 1.165) is 31.7 Å². The van der Waals surface area contributed by atoms with Crippen LogP contribution in [0.15, 0.2) is 0 Å². The Morgan fingerprint density at radius 3 is 2.60 bits per heavy atom. The van der Waals surface area contributed by atoms with E-state index in [9.17, 15) is 4.79 Å². The van der Waals surface area contributed by atoms with Crippen LogP contribution in [0.4, 0.5) is 0 Å². The summed E-state index contributed by atoms with van der Waals surface area (Å²) in [6.45, 7) is 3.26. The van der Waals surface area contributed by atoms with E-state index in [-0.39, 0.29) is 0 Å². The topological polar surface area (TPSA) is 20.3 Å². The molecule has 0 spiro atoms. The second-order valence-corrected chi connectivity index (χ2v) is 5.15. The van der Waals surface area contributed by atoms with Crippen LogP contribution in [0.25, 0.3) is 0 Å². The van der Waals surface area contributed by atoms with E-state index in [4.69, 9.17) is 0 Å². The lowest BCUT2D eigenvalue weighted by molar-refractivity contribution is -0.129. The lowest BCUT2D eigenvalue weighted by Crippen LogP contribution is -2.37. The average Bonchev–Trinajstić information content (AvgIpc) is 2.62. The number of nitrogens with zero attached hydrogens (tertiary/aromatic N) is 1. The van der Waals surface area contributed by atoms with Gasteiger partial charge in [-0.3, -0.25) is 4.79 Å². The average molecular weight is 209 g/mol. The van der Waals surface area contributed by atoms with Crippen molar-refractivity contribution in [2.24, 2.45) is 5.92 Å². The highest BCUT2D eigenvalue weighted by Gasteiger charge is 2.31. The quantitative estimate of drug-likeness (QED) is 0.699. The molecule has 1 saturated heterocycles. The molecule has 2 rings (SSSR count). The van der Waals surface area contributed by atoms with Crippen molar-refractivity contribution in [3.63, 3.8) is 0 Å². The molecule has 2 aliphatic rings. The maximum atomic E-state index is 11.7. The smallest absolute Gasteiger partial charge is 0.222 e. The lowest BCUT2D eigenvalue weighted by Gasteiger charge is -2.30. The summed E-state index contributed by atoms with van der Waals surface area (Å²) in [5, 5.41) is 0. The Kier molecular flexibility index (Phi) is 3.66. The van der Waals surface area contributed by atoms with Crippen LogP contribution in [0, 0.1) is 5.92 Å². The first-order chi connectivity index (χ1) is 7.31. The fraction of sp³-hybridized carbons (Fsp3) is 0.923. The maximum Gasteiger partial charge on any atom is 0.222 e. The third-order valence-corrected chi connectivity index (χ3v) is 4.10. The van der Waals surface area contributed by atoms with Gasteiger partial charge in [-0.15, -0.1) is 0 Å². The van der Waals surface area contributed by atoms with E-state index in [1.807, 2.05) is 0 Å². The minimum Gasteiger partial charge on any atom is -0.339 e. The number of hydrogen-bond acceptors (Lipinski definition) is 1. The summed E-state index contributed by atoms with van der Waals surface area (Å²) >= 11 is 0. The number of hydrogen-bond donors (Lipinski definition) is 0. The molecule has 2 fully saturated rings. The van der Waals surface area contributed by atoms with Gasteiger partial charge in [-0.1, -0.05) is 26.2 Å². The SMILES string of the molecule is CCC1CCC(=O)N1CC1CCCCC1. The van der Waals surface area contributed by atoms with E-state index < -0.39 is 0 Å². The predicted octanol–water partition coefficient (Wildman–Crippen LogP) is 2.97. The van der Waals surface area contributed by atoms with Gasteiger partial charge in [0.05, 0.1) is 0 Å². The summed E-state index contributed by atoms with van der Waals surface area (Å²) in [6.07, 6.45) is 9.89. The van der Waals surface area contributed by atoms with Gasteiger partial charge in [0.1, 0.15) is 0 Å². The van der Waals surface area contributed by atoms with Crippen LogP contribution in [-0.4, -0.2) is 23.4 Å². The van der Waals surface area contributed by atoms with Crippen molar-refractivity contribution in [2.75, 3.05) is 6.54 Å². The van der Waals surface area contributed by atoms with Crippen molar-refractivity contribution in [1.82, 2.24) is 4.90 Å². The minimum absolute atomic E-state index is 0.410.